The fourth-order valence-corrected chi connectivity index (χ4v) is 2.55. The second kappa shape index (κ2) is 4.26. The molecule has 1 unspecified atom stereocenters. The zero-order chi connectivity index (χ0) is 11.8. The van der Waals surface area contributed by atoms with Gasteiger partial charge in [0, 0.05) is 22.5 Å². The number of fused-ring (bicyclic) bond motifs is 1. The van der Waals surface area contributed by atoms with E-state index in [4.69, 9.17) is 0 Å². The first-order chi connectivity index (χ1) is 8.24. The molecule has 0 N–H and O–H groups in total. The number of hydrogen-bond acceptors (Lipinski definition) is 2. The monoisotopic (exact) mass is 291 g/mol. The summed E-state index contributed by atoms with van der Waals surface area (Å²) in [4.78, 5) is 4.67. The standard InChI is InChI=1S/C13H14BrN3/c1-9-3-2-8-17-13(9)15-12(16-17)10-4-6-11(14)7-5-10/h4-7,9H,2-3,8H2,1H3. The van der Waals surface area contributed by atoms with Gasteiger partial charge in [-0.3, -0.25) is 0 Å². The minimum absolute atomic E-state index is 0.528. The van der Waals surface area contributed by atoms with E-state index in [0.29, 0.717) is 5.92 Å². The van der Waals surface area contributed by atoms with Crippen LogP contribution in [0.4, 0.5) is 0 Å². The predicted molar refractivity (Wildman–Crippen MR) is 70.8 cm³/mol. The number of halogens is 1. The van der Waals surface area contributed by atoms with Crippen LogP contribution in [0.3, 0.4) is 0 Å². The maximum absolute atomic E-state index is 4.67. The van der Waals surface area contributed by atoms with Crippen molar-refractivity contribution in [2.24, 2.45) is 0 Å². The lowest BCUT2D eigenvalue weighted by atomic mass is 10.0. The maximum Gasteiger partial charge on any atom is 0.181 e. The topological polar surface area (TPSA) is 30.7 Å². The van der Waals surface area contributed by atoms with Crippen molar-refractivity contribution in [1.29, 1.82) is 0 Å². The second-order valence-corrected chi connectivity index (χ2v) is 5.48. The van der Waals surface area contributed by atoms with Gasteiger partial charge in [0.2, 0.25) is 0 Å². The van der Waals surface area contributed by atoms with Crippen LogP contribution >= 0.6 is 15.9 Å². The smallest absolute Gasteiger partial charge is 0.181 e. The van der Waals surface area contributed by atoms with E-state index in [1.165, 1.54) is 12.8 Å². The molecule has 3 rings (SSSR count). The molecule has 2 heterocycles. The molecule has 2 aromatic rings. The third-order valence-electron chi connectivity index (χ3n) is 3.25. The second-order valence-electron chi connectivity index (χ2n) is 4.57. The summed E-state index contributed by atoms with van der Waals surface area (Å²) in [7, 11) is 0. The Labute approximate surface area is 109 Å². The summed E-state index contributed by atoms with van der Waals surface area (Å²) >= 11 is 3.44. The molecule has 0 aliphatic carbocycles. The molecule has 1 aliphatic heterocycles. The number of benzene rings is 1. The Morgan fingerprint density at radius 1 is 1.29 bits per heavy atom. The molecule has 88 valence electrons. The van der Waals surface area contributed by atoms with Gasteiger partial charge in [-0.15, -0.1) is 0 Å². The molecule has 4 heteroatoms. The zero-order valence-electron chi connectivity index (χ0n) is 9.73. The Bertz CT molecular complexity index is 530. The highest BCUT2D eigenvalue weighted by Crippen LogP contribution is 2.27. The minimum Gasteiger partial charge on any atom is -0.249 e. The van der Waals surface area contributed by atoms with Gasteiger partial charge in [-0.25, -0.2) is 9.67 Å². The van der Waals surface area contributed by atoms with Crippen LogP contribution in [0.15, 0.2) is 28.7 Å². The molecule has 1 aromatic heterocycles. The molecule has 1 aliphatic rings. The highest BCUT2D eigenvalue weighted by atomic mass is 79.9. The Morgan fingerprint density at radius 2 is 2.06 bits per heavy atom. The highest BCUT2D eigenvalue weighted by Gasteiger charge is 2.20. The third-order valence-corrected chi connectivity index (χ3v) is 3.78. The molecule has 0 radical (unpaired) electrons. The lowest BCUT2D eigenvalue weighted by Gasteiger charge is -2.17. The zero-order valence-corrected chi connectivity index (χ0v) is 11.3. The van der Waals surface area contributed by atoms with Crippen LogP contribution < -0.4 is 0 Å². The van der Waals surface area contributed by atoms with E-state index in [0.717, 1.165) is 28.2 Å². The van der Waals surface area contributed by atoms with Gasteiger partial charge in [0.1, 0.15) is 5.82 Å². The fraction of sp³-hybridized carbons (Fsp3) is 0.385. The van der Waals surface area contributed by atoms with Crippen molar-refractivity contribution in [3.05, 3.63) is 34.6 Å². The third kappa shape index (κ3) is 2.02. The molecule has 1 atom stereocenters. The first-order valence-corrected chi connectivity index (χ1v) is 6.74. The van der Waals surface area contributed by atoms with Crippen molar-refractivity contribution >= 4 is 15.9 Å². The van der Waals surface area contributed by atoms with Crippen molar-refractivity contribution < 1.29 is 0 Å². The Hall–Kier alpha value is -1.16. The molecule has 0 amide bonds. The van der Waals surface area contributed by atoms with Crippen molar-refractivity contribution in [2.45, 2.75) is 32.2 Å². The van der Waals surface area contributed by atoms with E-state index in [1.807, 2.05) is 12.1 Å². The van der Waals surface area contributed by atoms with Crippen LogP contribution in [0.5, 0.6) is 0 Å². The van der Waals surface area contributed by atoms with Crippen LogP contribution in [0.1, 0.15) is 31.5 Å². The summed E-state index contributed by atoms with van der Waals surface area (Å²) in [6, 6.07) is 8.16. The molecular weight excluding hydrogens is 278 g/mol. The van der Waals surface area contributed by atoms with Crippen LogP contribution in [0.2, 0.25) is 0 Å². The largest absolute Gasteiger partial charge is 0.249 e. The maximum atomic E-state index is 4.67. The molecule has 3 nitrogen and oxygen atoms in total. The average molecular weight is 292 g/mol. The van der Waals surface area contributed by atoms with E-state index in [1.54, 1.807) is 0 Å². The lowest BCUT2D eigenvalue weighted by Crippen LogP contribution is -2.14. The van der Waals surface area contributed by atoms with Gasteiger partial charge in [-0.1, -0.05) is 35.0 Å². The first-order valence-electron chi connectivity index (χ1n) is 5.95. The van der Waals surface area contributed by atoms with E-state index in [2.05, 4.69) is 49.8 Å². The van der Waals surface area contributed by atoms with Crippen molar-refractivity contribution in [3.8, 4) is 11.4 Å². The molecule has 0 saturated carbocycles. The summed E-state index contributed by atoms with van der Waals surface area (Å²) in [5, 5.41) is 4.59. The molecule has 0 bridgehead atoms. The van der Waals surface area contributed by atoms with Crippen LogP contribution in [0, 0.1) is 0 Å². The first kappa shape index (κ1) is 11.0. The molecule has 17 heavy (non-hydrogen) atoms. The quantitative estimate of drug-likeness (QED) is 0.804. The summed E-state index contributed by atoms with van der Waals surface area (Å²) in [5.41, 5.74) is 1.09. The van der Waals surface area contributed by atoms with E-state index >= 15 is 0 Å². The van der Waals surface area contributed by atoms with E-state index in [-0.39, 0.29) is 0 Å². The average Bonchev–Trinajstić information content (AvgIpc) is 2.75. The lowest BCUT2D eigenvalue weighted by molar-refractivity contribution is 0.432. The van der Waals surface area contributed by atoms with Gasteiger partial charge in [-0.05, 0) is 25.0 Å². The van der Waals surface area contributed by atoms with Gasteiger partial charge in [0.15, 0.2) is 5.82 Å². The molecule has 0 saturated heterocycles. The van der Waals surface area contributed by atoms with Gasteiger partial charge in [-0.2, -0.15) is 5.10 Å². The van der Waals surface area contributed by atoms with Crippen molar-refractivity contribution in [3.63, 3.8) is 0 Å². The molecule has 1 aromatic carbocycles. The molecular formula is C13H14BrN3. The summed E-state index contributed by atoms with van der Waals surface area (Å²) in [5.74, 6) is 2.51. The number of rotatable bonds is 1. The Kier molecular flexibility index (Phi) is 2.74. The van der Waals surface area contributed by atoms with Crippen LogP contribution in [0.25, 0.3) is 11.4 Å². The van der Waals surface area contributed by atoms with Gasteiger partial charge >= 0.3 is 0 Å². The Morgan fingerprint density at radius 3 is 2.76 bits per heavy atom. The highest BCUT2D eigenvalue weighted by molar-refractivity contribution is 9.10. The fourth-order valence-electron chi connectivity index (χ4n) is 2.28. The van der Waals surface area contributed by atoms with Crippen molar-refractivity contribution in [1.82, 2.24) is 14.8 Å². The van der Waals surface area contributed by atoms with Crippen LogP contribution in [-0.4, -0.2) is 14.8 Å². The normalized spacial score (nSPS) is 19.1. The van der Waals surface area contributed by atoms with E-state index < -0.39 is 0 Å². The van der Waals surface area contributed by atoms with Crippen molar-refractivity contribution in [2.75, 3.05) is 0 Å². The van der Waals surface area contributed by atoms with Crippen LogP contribution in [-0.2, 0) is 6.54 Å². The number of aromatic nitrogens is 3. The summed E-state index contributed by atoms with van der Waals surface area (Å²) in [6.07, 6.45) is 2.43. The van der Waals surface area contributed by atoms with Gasteiger partial charge in [0.25, 0.3) is 0 Å². The molecule has 0 fully saturated rings. The van der Waals surface area contributed by atoms with Gasteiger partial charge < -0.3 is 0 Å². The summed E-state index contributed by atoms with van der Waals surface area (Å²) < 4.78 is 3.14. The number of hydrogen-bond donors (Lipinski definition) is 0. The SMILES string of the molecule is CC1CCCn2nc(-c3ccc(Br)cc3)nc21. The number of aryl methyl sites for hydroxylation is 1. The predicted octanol–water partition coefficient (Wildman–Crippen LogP) is 3.60. The molecule has 0 spiro atoms. The van der Waals surface area contributed by atoms with E-state index in [9.17, 15) is 0 Å². The Balaban J connectivity index is 2.02. The number of nitrogens with zero attached hydrogens (tertiary/aromatic N) is 3. The minimum atomic E-state index is 0.528. The van der Waals surface area contributed by atoms with Gasteiger partial charge in [0.05, 0.1) is 0 Å². The summed E-state index contributed by atoms with van der Waals surface area (Å²) in [6.45, 7) is 3.23.